The second-order valence-corrected chi connectivity index (χ2v) is 6.06. The average molecular weight is 331 g/mol. The van der Waals surface area contributed by atoms with E-state index in [1.54, 1.807) is 12.3 Å². The van der Waals surface area contributed by atoms with Gasteiger partial charge in [-0.05, 0) is 34.2 Å². The second kappa shape index (κ2) is 5.27. The standard InChI is InChI=1S/C11H11BrN2O3S/c12-8-3-7(4-13-5-8)9(15)14-11(10(16)17)1-2-18-6-11/h3-5H,1-2,6H2,(H,14,15)(H,16,17). The van der Waals surface area contributed by atoms with Gasteiger partial charge in [0.05, 0.1) is 5.56 Å². The summed E-state index contributed by atoms with van der Waals surface area (Å²) in [6.07, 6.45) is 3.42. The zero-order valence-electron chi connectivity index (χ0n) is 9.35. The zero-order chi connectivity index (χ0) is 13.2. The van der Waals surface area contributed by atoms with Crippen LogP contribution in [-0.4, -0.2) is 39.0 Å². The van der Waals surface area contributed by atoms with Crippen LogP contribution in [0.15, 0.2) is 22.9 Å². The van der Waals surface area contributed by atoms with Gasteiger partial charge >= 0.3 is 5.97 Å². The molecular formula is C11H11BrN2O3S. The zero-order valence-corrected chi connectivity index (χ0v) is 11.8. The van der Waals surface area contributed by atoms with E-state index in [2.05, 4.69) is 26.2 Å². The molecule has 1 aliphatic heterocycles. The van der Waals surface area contributed by atoms with E-state index < -0.39 is 17.4 Å². The van der Waals surface area contributed by atoms with Crippen LogP contribution < -0.4 is 5.32 Å². The van der Waals surface area contributed by atoms with Crippen molar-refractivity contribution in [3.63, 3.8) is 0 Å². The molecule has 1 aromatic rings. The first-order chi connectivity index (χ1) is 8.53. The van der Waals surface area contributed by atoms with Gasteiger partial charge in [0, 0.05) is 22.6 Å². The highest BCUT2D eigenvalue weighted by molar-refractivity contribution is 9.10. The lowest BCUT2D eigenvalue weighted by molar-refractivity contribution is -0.143. The molecule has 0 radical (unpaired) electrons. The third-order valence-electron chi connectivity index (χ3n) is 2.75. The number of pyridine rings is 1. The van der Waals surface area contributed by atoms with E-state index in [1.165, 1.54) is 18.0 Å². The molecule has 1 fully saturated rings. The van der Waals surface area contributed by atoms with Gasteiger partial charge < -0.3 is 10.4 Å². The molecule has 1 saturated heterocycles. The van der Waals surface area contributed by atoms with E-state index in [4.69, 9.17) is 0 Å². The Balaban J connectivity index is 2.18. The molecule has 96 valence electrons. The normalized spacial score (nSPS) is 22.7. The molecule has 1 unspecified atom stereocenters. The highest BCUT2D eigenvalue weighted by Crippen LogP contribution is 2.28. The van der Waals surface area contributed by atoms with Crippen molar-refractivity contribution in [2.75, 3.05) is 11.5 Å². The number of hydrogen-bond donors (Lipinski definition) is 2. The van der Waals surface area contributed by atoms with Crippen molar-refractivity contribution in [3.05, 3.63) is 28.5 Å². The summed E-state index contributed by atoms with van der Waals surface area (Å²) in [5, 5.41) is 11.9. The predicted octanol–water partition coefficient (Wildman–Crippen LogP) is 1.53. The number of carbonyl (C=O) groups is 2. The van der Waals surface area contributed by atoms with Gasteiger partial charge in [0.1, 0.15) is 5.54 Å². The van der Waals surface area contributed by atoms with Crippen molar-refractivity contribution in [2.24, 2.45) is 0 Å². The minimum atomic E-state index is -1.15. The average Bonchev–Trinajstić information content (AvgIpc) is 2.79. The number of aliphatic carboxylic acids is 1. The fourth-order valence-corrected chi connectivity index (χ4v) is 3.40. The number of amides is 1. The summed E-state index contributed by atoms with van der Waals surface area (Å²) in [6.45, 7) is 0. The Hall–Kier alpha value is -1.08. The molecule has 2 rings (SSSR count). The fraction of sp³-hybridized carbons (Fsp3) is 0.364. The van der Waals surface area contributed by atoms with Gasteiger partial charge in [0.2, 0.25) is 0 Å². The Bertz CT molecular complexity index is 489. The summed E-state index contributed by atoms with van der Waals surface area (Å²) < 4.78 is 0.681. The molecule has 0 aromatic carbocycles. The minimum absolute atomic E-state index is 0.349. The van der Waals surface area contributed by atoms with Crippen molar-refractivity contribution in [1.82, 2.24) is 10.3 Å². The lowest BCUT2D eigenvalue weighted by Crippen LogP contribution is -2.54. The summed E-state index contributed by atoms with van der Waals surface area (Å²) in [7, 11) is 0. The molecule has 7 heteroatoms. The van der Waals surface area contributed by atoms with Gasteiger partial charge in [-0.3, -0.25) is 9.78 Å². The van der Waals surface area contributed by atoms with E-state index in [1.807, 2.05) is 0 Å². The molecule has 0 aliphatic carbocycles. The summed E-state index contributed by atoms with van der Waals surface area (Å²) >= 11 is 4.75. The van der Waals surface area contributed by atoms with E-state index in [-0.39, 0.29) is 0 Å². The van der Waals surface area contributed by atoms with Crippen LogP contribution in [0.1, 0.15) is 16.8 Å². The molecule has 1 atom stereocenters. The molecule has 1 aliphatic rings. The maximum Gasteiger partial charge on any atom is 0.330 e. The van der Waals surface area contributed by atoms with Crippen LogP contribution in [0.25, 0.3) is 0 Å². The largest absolute Gasteiger partial charge is 0.479 e. The maximum absolute atomic E-state index is 12.0. The van der Waals surface area contributed by atoms with Crippen LogP contribution in [0, 0.1) is 0 Å². The maximum atomic E-state index is 12.0. The smallest absolute Gasteiger partial charge is 0.330 e. The highest BCUT2D eigenvalue weighted by Gasteiger charge is 2.43. The summed E-state index contributed by atoms with van der Waals surface area (Å²) in [5.74, 6) is -0.253. The lowest BCUT2D eigenvalue weighted by Gasteiger charge is -2.24. The van der Waals surface area contributed by atoms with Crippen LogP contribution in [-0.2, 0) is 4.79 Å². The molecule has 0 spiro atoms. The number of carbonyl (C=O) groups excluding carboxylic acids is 1. The topological polar surface area (TPSA) is 79.3 Å². The van der Waals surface area contributed by atoms with Crippen LogP contribution in [0.4, 0.5) is 0 Å². The predicted molar refractivity (Wildman–Crippen MR) is 71.7 cm³/mol. The number of thioether (sulfide) groups is 1. The van der Waals surface area contributed by atoms with Crippen LogP contribution in [0.5, 0.6) is 0 Å². The molecule has 18 heavy (non-hydrogen) atoms. The van der Waals surface area contributed by atoms with Gasteiger partial charge in [0.15, 0.2) is 0 Å². The number of carboxylic acids is 1. The fourth-order valence-electron chi connectivity index (χ4n) is 1.71. The van der Waals surface area contributed by atoms with Gasteiger partial charge in [-0.1, -0.05) is 0 Å². The second-order valence-electron chi connectivity index (χ2n) is 4.04. The van der Waals surface area contributed by atoms with Crippen LogP contribution in [0.2, 0.25) is 0 Å². The number of aromatic nitrogens is 1. The third kappa shape index (κ3) is 2.67. The van der Waals surface area contributed by atoms with Gasteiger partial charge in [0.25, 0.3) is 5.91 Å². The Morgan fingerprint density at radius 3 is 2.83 bits per heavy atom. The molecule has 1 amide bonds. The van der Waals surface area contributed by atoms with Crippen molar-refractivity contribution < 1.29 is 14.7 Å². The molecule has 0 saturated carbocycles. The van der Waals surface area contributed by atoms with Crippen molar-refractivity contribution in [2.45, 2.75) is 12.0 Å². The van der Waals surface area contributed by atoms with Gasteiger partial charge in [-0.25, -0.2) is 4.79 Å². The Morgan fingerprint density at radius 2 is 2.28 bits per heavy atom. The molecule has 1 aromatic heterocycles. The highest BCUT2D eigenvalue weighted by atomic mass is 79.9. The number of nitrogens with one attached hydrogen (secondary N) is 1. The van der Waals surface area contributed by atoms with Crippen molar-refractivity contribution in [3.8, 4) is 0 Å². The van der Waals surface area contributed by atoms with E-state index in [9.17, 15) is 14.7 Å². The van der Waals surface area contributed by atoms with E-state index in [0.29, 0.717) is 22.2 Å². The van der Waals surface area contributed by atoms with E-state index >= 15 is 0 Å². The summed E-state index contributed by atoms with van der Waals surface area (Å²) in [6, 6.07) is 1.61. The number of carboxylic acid groups (broad SMARTS) is 1. The Kier molecular flexibility index (Phi) is 3.91. The van der Waals surface area contributed by atoms with Gasteiger partial charge in [-0.15, -0.1) is 0 Å². The Labute approximate surface area is 116 Å². The number of halogens is 1. The summed E-state index contributed by atoms with van der Waals surface area (Å²) in [4.78, 5) is 27.2. The first-order valence-corrected chi connectivity index (χ1v) is 7.22. The quantitative estimate of drug-likeness (QED) is 0.878. The molecule has 5 nitrogen and oxygen atoms in total. The molecule has 2 heterocycles. The molecule has 2 N–H and O–H groups in total. The number of hydrogen-bond acceptors (Lipinski definition) is 4. The lowest BCUT2D eigenvalue weighted by atomic mass is 9.99. The van der Waals surface area contributed by atoms with Gasteiger partial charge in [-0.2, -0.15) is 11.8 Å². The monoisotopic (exact) mass is 330 g/mol. The number of rotatable bonds is 3. The van der Waals surface area contributed by atoms with Crippen LogP contribution in [0.3, 0.4) is 0 Å². The van der Waals surface area contributed by atoms with Crippen LogP contribution >= 0.6 is 27.7 Å². The first kappa shape index (κ1) is 13.4. The third-order valence-corrected chi connectivity index (χ3v) is 4.37. The first-order valence-electron chi connectivity index (χ1n) is 5.28. The van der Waals surface area contributed by atoms with E-state index in [0.717, 1.165) is 5.75 Å². The minimum Gasteiger partial charge on any atom is -0.479 e. The molecule has 0 bridgehead atoms. The van der Waals surface area contributed by atoms with Crippen molar-refractivity contribution >= 4 is 39.6 Å². The Morgan fingerprint density at radius 1 is 1.50 bits per heavy atom. The number of nitrogens with zero attached hydrogens (tertiary/aromatic N) is 1. The summed E-state index contributed by atoms with van der Waals surface area (Å²) in [5.41, 5.74) is -0.800. The van der Waals surface area contributed by atoms with Crippen molar-refractivity contribution in [1.29, 1.82) is 0 Å². The molecular weight excluding hydrogens is 320 g/mol. The SMILES string of the molecule is O=C(NC1(C(=O)O)CCSC1)c1cncc(Br)c1.